The van der Waals surface area contributed by atoms with Crippen LogP contribution in [0, 0.1) is 0 Å². The van der Waals surface area contributed by atoms with Gasteiger partial charge in [0.25, 0.3) is 0 Å². The molecule has 1 aromatic heterocycles. The summed E-state index contributed by atoms with van der Waals surface area (Å²) in [5.41, 5.74) is -3.01. The lowest BCUT2D eigenvalue weighted by molar-refractivity contribution is 1.07. The van der Waals surface area contributed by atoms with Gasteiger partial charge in [-0.3, -0.25) is 0 Å². The zero-order valence-electron chi connectivity index (χ0n) is 33.2. The van der Waals surface area contributed by atoms with Crippen molar-refractivity contribution < 1.29 is 24.7 Å². The second-order valence-electron chi connectivity index (χ2n) is 5.75. The van der Waals surface area contributed by atoms with Crippen molar-refractivity contribution in [3.8, 4) is 45.3 Å². The van der Waals surface area contributed by atoms with Crippen molar-refractivity contribution in [1.29, 1.82) is 0 Å². The molecule has 3 nitrogen and oxygen atoms in total. The van der Waals surface area contributed by atoms with Crippen LogP contribution in [0.5, 0.6) is 0 Å². The fourth-order valence-electron chi connectivity index (χ4n) is 2.41. The molecule has 148 valence electrons. The Bertz CT molecular complexity index is 2090. The van der Waals surface area contributed by atoms with Gasteiger partial charge in [-0.25, -0.2) is 15.0 Å². The first-order chi connectivity index (χ1) is 22.8. The van der Waals surface area contributed by atoms with Crippen LogP contribution >= 0.6 is 15.9 Å². The van der Waals surface area contributed by atoms with Crippen LogP contribution in [0.2, 0.25) is 0 Å². The quantitative estimate of drug-likeness (QED) is 0.270. The van der Waals surface area contributed by atoms with Crippen LogP contribution < -0.4 is 0 Å². The summed E-state index contributed by atoms with van der Waals surface area (Å²) in [6.07, 6.45) is 0. The second kappa shape index (κ2) is 8.62. The number of aromatic nitrogens is 3. The zero-order chi connectivity index (χ0) is 36.7. The van der Waals surface area contributed by atoms with E-state index in [4.69, 9.17) is 24.7 Å². The Morgan fingerprint density at radius 1 is 0.419 bits per heavy atom. The van der Waals surface area contributed by atoms with Gasteiger partial charge in [0.15, 0.2) is 17.5 Å². The molecule has 0 aliphatic heterocycles. The van der Waals surface area contributed by atoms with Crippen molar-refractivity contribution in [2.45, 2.75) is 0 Å². The third-order valence-corrected chi connectivity index (χ3v) is 4.17. The smallest absolute Gasteiger partial charge is 0.164 e. The van der Waals surface area contributed by atoms with E-state index in [0.717, 1.165) is 0 Å². The lowest BCUT2D eigenvalue weighted by Crippen LogP contribution is -2.00. The highest BCUT2D eigenvalue weighted by molar-refractivity contribution is 9.10. The Morgan fingerprint density at radius 3 is 1.23 bits per heavy atom. The van der Waals surface area contributed by atoms with E-state index in [0.29, 0.717) is 0 Å². The van der Waals surface area contributed by atoms with Crippen molar-refractivity contribution in [3.63, 3.8) is 0 Å². The monoisotopic (exact) mass is 481 g/mol. The van der Waals surface area contributed by atoms with Gasteiger partial charge < -0.3 is 0 Å². The lowest BCUT2D eigenvalue weighted by Gasteiger charge is -2.09. The summed E-state index contributed by atoms with van der Waals surface area (Å²) in [4.78, 5) is 12.5. The van der Waals surface area contributed by atoms with Crippen LogP contribution in [0.25, 0.3) is 45.3 Å². The maximum absolute atomic E-state index is 8.82. The summed E-state index contributed by atoms with van der Waals surface area (Å²) in [5, 5.41) is 0. The van der Waals surface area contributed by atoms with Crippen LogP contribution in [-0.4, -0.2) is 15.0 Å². The van der Waals surface area contributed by atoms with Gasteiger partial charge in [-0.05, 0) is 23.2 Å². The van der Waals surface area contributed by atoms with Crippen LogP contribution in [0.3, 0.4) is 0 Å². The summed E-state index contributed by atoms with van der Waals surface area (Å²) in [6, 6.07) is -13.6. The summed E-state index contributed by atoms with van der Waals surface area (Å²) in [6.45, 7) is 0. The van der Waals surface area contributed by atoms with Crippen molar-refractivity contribution in [2.24, 2.45) is 0 Å². The van der Waals surface area contributed by atoms with Crippen LogP contribution in [-0.2, 0) is 0 Å². The molecule has 0 amide bonds. The molecule has 0 atom stereocenters. The zero-order valence-corrected chi connectivity index (χ0v) is 16.8. The molecule has 0 aliphatic carbocycles. The second-order valence-corrected chi connectivity index (χ2v) is 6.54. The van der Waals surface area contributed by atoms with E-state index in [2.05, 4.69) is 30.9 Å². The first-order valence-electron chi connectivity index (χ1n) is 17.5. The summed E-state index contributed by atoms with van der Waals surface area (Å²) in [7, 11) is 0. The van der Waals surface area contributed by atoms with E-state index in [1.807, 2.05) is 0 Å². The minimum Gasteiger partial charge on any atom is -0.208 e. The predicted molar refractivity (Wildman–Crippen MR) is 129 cm³/mol. The molecule has 0 radical (unpaired) electrons. The Balaban J connectivity index is 1.94. The molecule has 4 aromatic carbocycles. The van der Waals surface area contributed by atoms with Crippen LogP contribution in [0.1, 0.15) is 24.7 Å². The topological polar surface area (TPSA) is 38.7 Å². The molecule has 4 heteroatoms. The number of rotatable bonds is 4. The number of hydrogen-bond acceptors (Lipinski definition) is 3. The number of nitrogens with zero attached hydrogens (tertiary/aromatic N) is 3. The number of benzene rings is 4. The summed E-state index contributed by atoms with van der Waals surface area (Å²) >= 11 is 2.99. The number of hydrogen-bond donors (Lipinski definition) is 0. The average Bonchev–Trinajstić information content (AvgIpc) is 3.07. The molecule has 0 saturated carbocycles. The Morgan fingerprint density at radius 2 is 0.742 bits per heavy atom. The molecular formula is C27H18BrN3. The van der Waals surface area contributed by atoms with Gasteiger partial charge in [0, 0.05) is 21.2 Å². The van der Waals surface area contributed by atoms with Gasteiger partial charge in [-0.2, -0.15) is 0 Å². The minimum absolute atomic E-state index is 0.200. The molecule has 0 N–H and O–H groups in total. The van der Waals surface area contributed by atoms with Gasteiger partial charge in [0.05, 0.1) is 24.7 Å². The summed E-state index contributed by atoms with van der Waals surface area (Å²) < 4.78 is 150. The molecule has 0 bridgehead atoms. The molecule has 0 saturated heterocycles. The molecule has 5 rings (SSSR count). The number of halogens is 1. The van der Waals surface area contributed by atoms with Crippen molar-refractivity contribution in [1.82, 2.24) is 15.0 Å². The van der Waals surface area contributed by atoms with Gasteiger partial charge in [0.2, 0.25) is 0 Å². The average molecular weight is 482 g/mol. The third-order valence-electron chi connectivity index (χ3n) is 3.78. The first-order valence-corrected chi connectivity index (χ1v) is 9.32. The van der Waals surface area contributed by atoms with E-state index in [1.54, 1.807) is 0 Å². The SMILES string of the molecule is [2H]c1c([2H])c([2H])c(-c2nc(-c3c([2H])c([2H])c(Br)c([2H])c3[2H])nc(-c3c([2H])c([2H])c(-c4c([2H])c([2H])c([2H])c([2H])c4[2H])c([2H])c3[2H])n2)c([2H])c1[2H]. The fraction of sp³-hybridized carbons (Fsp3) is 0. The highest BCUT2D eigenvalue weighted by Crippen LogP contribution is 2.27. The molecule has 0 fully saturated rings. The Hall–Kier alpha value is -3.63. The Labute approximate surface area is 214 Å². The van der Waals surface area contributed by atoms with Crippen LogP contribution in [0.4, 0.5) is 0 Å². The van der Waals surface area contributed by atoms with Gasteiger partial charge >= 0.3 is 0 Å². The van der Waals surface area contributed by atoms with Gasteiger partial charge in [-0.1, -0.05) is 113 Å². The third kappa shape index (κ3) is 4.30. The summed E-state index contributed by atoms with van der Waals surface area (Å²) in [5.74, 6) is -2.00. The van der Waals surface area contributed by atoms with Gasteiger partial charge in [0.1, 0.15) is 0 Å². The fourth-order valence-corrected chi connectivity index (χ4v) is 2.60. The normalized spacial score (nSPS) is 18.9. The molecule has 0 spiro atoms. The van der Waals surface area contributed by atoms with E-state index in [9.17, 15) is 0 Å². The van der Waals surface area contributed by atoms with Gasteiger partial charge in [-0.15, -0.1) is 0 Å². The maximum Gasteiger partial charge on any atom is 0.164 e. The largest absolute Gasteiger partial charge is 0.208 e. The Kier molecular flexibility index (Phi) is 2.17. The minimum atomic E-state index is -0.873. The molecular weight excluding hydrogens is 446 g/mol. The molecule has 5 aromatic rings. The molecule has 31 heavy (non-hydrogen) atoms. The molecule has 0 unspecified atom stereocenters. The highest BCUT2D eigenvalue weighted by Gasteiger charge is 2.12. The van der Waals surface area contributed by atoms with Crippen molar-refractivity contribution in [2.75, 3.05) is 0 Å². The van der Waals surface area contributed by atoms with Crippen LogP contribution in [0.15, 0.2) is 113 Å². The lowest BCUT2D eigenvalue weighted by atomic mass is 10.0. The standard InChI is InChI=1S/C27H18BrN3/c28-24-17-15-23(16-18-24)27-30-25(21-9-5-2-6-10-21)29-26(31-27)22-13-11-20(12-14-22)19-7-3-1-4-8-19/h1-18H/i1D,2D,3D,4D,5D,6D,7D,8D,9D,10D,11D,12D,13D,14D,15D,16D,17D,18D. The van der Waals surface area contributed by atoms with E-state index in [1.165, 1.54) is 0 Å². The van der Waals surface area contributed by atoms with E-state index in [-0.39, 0.29) is 4.47 Å². The van der Waals surface area contributed by atoms with Crippen molar-refractivity contribution >= 4 is 15.9 Å². The first kappa shape index (κ1) is 7.81. The molecule has 0 aliphatic rings. The van der Waals surface area contributed by atoms with E-state index >= 15 is 0 Å². The van der Waals surface area contributed by atoms with Crippen molar-refractivity contribution in [3.05, 3.63) is 113 Å². The van der Waals surface area contributed by atoms with E-state index < -0.39 is 154 Å². The highest BCUT2D eigenvalue weighted by atomic mass is 79.9. The maximum atomic E-state index is 8.82. The molecule has 1 heterocycles. The predicted octanol–water partition coefficient (Wildman–Crippen LogP) is 7.30.